The van der Waals surface area contributed by atoms with Crippen LogP contribution in [0.4, 0.5) is 0 Å². The zero-order valence-electron chi connectivity index (χ0n) is 8.33. The molecular formula is C11H9BrO3. The summed E-state index contributed by atoms with van der Waals surface area (Å²) in [6, 6.07) is 5.54. The van der Waals surface area contributed by atoms with Gasteiger partial charge in [0, 0.05) is 9.86 Å². The van der Waals surface area contributed by atoms with E-state index in [9.17, 15) is 4.79 Å². The number of methoxy groups -OCH3 is 1. The number of carbonyl (C=O) groups excluding carboxylic acids is 1. The Labute approximate surface area is 95.1 Å². The van der Waals surface area contributed by atoms with Gasteiger partial charge in [-0.1, -0.05) is 22.0 Å². The van der Waals surface area contributed by atoms with E-state index in [1.54, 1.807) is 6.92 Å². The van der Waals surface area contributed by atoms with E-state index in [1.165, 1.54) is 7.11 Å². The molecule has 0 aliphatic heterocycles. The van der Waals surface area contributed by atoms with Crippen LogP contribution in [-0.4, -0.2) is 13.1 Å². The third kappa shape index (κ3) is 1.55. The van der Waals surface area contributed by atoms with Gasteiger partial charge in [0.2, 0.25) is 0 Å². The highest BCUT2D eigenvalue weighted by molar-refractivity contribution is 9.10. The Hall–Kier alpha value is -1.29. The Morgan fingerprint density at radius 1 is 1.47 bits per heavy atom. The second-order valence-electron chi connectivity index (χ2n) is 3.14. The predicted molar refractivity (Wildman–Crippen MR) is 60.0 cm³/mol. The minimum Gasteiger partial charge on any atom is -0.465 e. The second kappa shape index (κ2) is 3.70. The van der Waals surface area contributed by atoms with E-state index in [-0.39, 0.29) is 5.97 Å². The van der Waals surface area contributed by atoms with Crippen LogP contribution in [0.2, 0.25) is 0 Å². The summed E-state index contributed by atoms with van der Waals surface area (Å²) in [4.78, 5) is 11.6. The molecule has 15 heavy (non-hydrogen) atoms. The molecule has 0 spiro atoms. The van der Waals surface area contributed by atoms with Crippen molar-refractivity contribution in [2.45, 2.75) is 6.92 Å². The highest BCUT2D eigenvalue weighted by Crippen LogP contribution is 2.32. The van der Waals surface area contributed by atoms with Gasteiger partial charge < -0.3 is 9.15 Å². The molecule has 0 bridgehead atoms. The van der Waals surface area contributed by atoms with Crippen LogP contribution in [0.1, 0.15) is 16.1 Å². The first-order valence-corrected chi connectivity index (χ1v) is 5.20. The summed E-state index contributed by atoms with van der Waals surface area (Å²) in [6.45, 7) is 1.75. The summed E-state index contributed by atoms with van der Waals surface area (Å²) in [7, 11) is 1.36. The molecule has 1 aromatic heterocycles. The van der Waals surface area contributed by atoms with Crippen molar-refractivity contribution in [3.63, 3.8) is 0 Å². The van der Waals surface area contributed by atoms with Gasteiger partial charge in [0.05, 0.1) is 7.11 Å². The first-order valence-electron chi connectivity index (χ1n) is 4.41. The number of carbonyl (C=O) groups is 1. The van der Waals surface area contributed by atoms with Crippen LogP contribution in [0.3, 0.4) is 0 Å². The van der Waals surface area contributed by atoms with Crippen molar-refractivity contribution in [1.82, 2.24) is 0 Å². The summed E-state index contributed by atoms with van der Waals surface area (Å²) < 4.78 is 11.0. The van der Waals surface area contributed by atoms with Crippen molar-refractivity contribution in [1.29, 1.82) is 0 Å². The molecule has 3 nitrogen and oxygen atoms in total. The molecular weight excluding hydrogens is 260 g/mol. The number of benzene rings is 1. The predicted octanol–water partition coefficient (Wildman–Crippen LogP) is 3.29. The van der Waals surface area contributed by atoms with E-state index in [1.807, 2.05) is 18.2 Å². The van der Waals surface area contributed by atoms with Gasteiger partial charge in [-0.15, -0.1) is 0 Å². The number of esters is 1. The molecule has 0 saturated heterocycles. The van der Waals surface area contributed by atoms with Crippen LogP contribution in [0.25, 0.3) is 11.0 Å². The first-order chi connectivity index (χ1) is 7.15. The number of ether oxygens (including phenoxy) is 1. The second-order valence-corrected chi connectivity index (χ2v) is 3.99. The smallest absolute Gasteiger partial charge is 0.342 e. The highest BCUT2D eigenvalue weighted by atomic mass is 79.9. The Bertz CT molecular complexity index is 528. The van der Waals surface area contributed by atoms with Gasteiger partial charge in [-0.3, -0.25) is 0 Å². The Morgan fingerprint density at radius 3 is 2.87 bits per heavy atom. The van der Waals surface area contributed by atoms with E-state index in [0.717, 1.165) is 9.86 Å². The third-order valence-corrected chi connectivity index (χ3v) is 2.89. The van der Waals surface area contributed by atoms with Gasteiger partial charge >= 0.3 is 5.97 Å². The lowest BCUT2D eigenvalue weighted by Gasteiger charge is -1.98. The quantitative estimate of drug-likeness (QED) is 0.746. The molecule has 78 valence electrons. The van der Waals surface area contributed by atoms with Crippen molar-refractivity contribution in [3.05, 3.63) is 34.0 Å². The lowest BCUT2D eigenvalue weighted by Crippen LogP contribution is -2.01. The fourth-order valence-corrected chi connectivity index (χ4v) is 2.12. The average Bonchev–Trinajstić information content (AvgIpc) is 2.55. The zero-order valence-corrected chi connectivity index (χ0v) is 9.92. The largest absolute Gasteiger partial charge is 0.465 e. The maximum Gasteiger partial charge on any atom is 0.342 e. The van der Waals surface area contributed by atoms with Crippen molar-refractivity contribution >= 4 is 32.9 Å². The molecule has 1 aromatic carbocycles. The van der Waals surface area contributed by atoms with Gasteiger partial charge in [0.25, 0.3) is 0 Å². The van der Waals surface area contributed by atoms with E-state index in [0.29, 0.717) is 16.9 Å². The van der Waals surface area contributed by atoms with Crippen molar-refractivity contribution in [3.8, 4) is 0 Å². The number of hydrogen-bond acceptors (Lipinski definition) is 3. The molecule has 0 saturated carbocycles. The topological polar surface area (TPSA) is 39.4 Å². The van der Waals surface area contributed by atoms with Gasteiger partial charge in [-0.05, 0) is 19.1 Å². The van der Waals surface area contributed by atoms with Crippen LogP contribution in [0, 0.1) is 6.92 Å². The van der Waals surface area contributed by atoms with Crippen LogP contribution in [0.5, 0.6) is 0 Å². The number of fused-ring (bicyclic) bond motifs is 1. The van der Waals surface area contributed by atoms with Crippen LogP contribution >= 0.6 is 15.9 Å². The van der Waals surface area contributed by atoms with Gasteiger partial charge in [0.15, 0.2) is 0 Å². The Balaban J connectivity index is 2.82. The maximum absolute atomic E-state index is 11.6. The molecule has 0 radical (unpaired) electrons. The van der Waals surface area contributed by atoms with Crippen molar-refractivity contribution in [2.24, 2.45) is 0 Å². The molecule has 0 aliphatic rings. The Morgan fingerprint density at radius 2 is 2.20 bits per heavy atom. The number of furan rings is 1. The monoisotopic (exact) mass is 268 g/mol. The number of aryl methyl sites for hydroxylation is 1. The van der Waals surface area contributed by atoms with Crippen LogP contribution in [0.15, 0.2) is 27.1 Å². The van der Waals surface area contributed by atoms with Crippen molar-refractivity contribution < 1.29 is 13.9 Å². The molecule has 1 heterocycles. The van der Waals surface area contributed by atoms with Gasteiger partial charge in [-0.2, -0.15) is 0 Å². The minimum atomic E-state index is -0.377. The zero-order chi connectivity index (χ0) is 11.0. The molecule has 0 fully saturated rings. The van der Waals surface area contributed by atoms with Gasteiger partial charge in [0.1, 0.15) is 16.9 Å². The summed E-state index contributed by atoms with van der Waals surface area (Å²) in [5.74, 6) is 0.196. The van der Waals surface area contributed by atoms with Gasteiger partial charge in [-0.25, -0.2) is 4.79 Å². The van der Waals surface area contributed by atoms with E-state index >= 15 is 0 Å². The molecule has 0 atom stereocenters. The Kier molecular flexibility index (Phi) is 2.52. The van der Waals surface area contributed by atoms with Crippen molar-refractivity contribution in [2.75, 3.05) is 7.11 Å². The number of halogens is 1. The third-order valence-electron chi connectivity index (χ3n) is 2.23. The van der Waals surface area contributed by atoms with E-state index in [2.05, 4.69) is 15.9 Å². The van der Waals surface area contributed by atoms with Crippen LogP contribution in [-0.2, 0) is 4.74 Å². The maximum atomic E-state index is 11.6. The molecule has 0 aliphatic carbocycles. The molecule has 0 N–H and O–H groups in total. The fraction of sp³-hybridized carbons (Fsp3) is 0.182. The molecule has 2 aromatic rings. The number of hydrogen-bond donors (Lipinski definition) is 0. The standard InChI is InChI=1S/C11H9BrO3/c1-6-9(11(13)14-2)10-7(12)4-3-5-8(10)15-6/h3-5H,1-2H3. The van der Waals surface area contributed by atoms with E-state index in [4.69, 9.17) is 9.15 Å². The number of rotatable bonds is 1. The lowest BCUT2D eigenvalue weighted by atomic mass is 10.1. The molecule has 0 unspecified atom stereocenters. The minimum absolute atomic E-state index is 0.377. The fourth-order valence-electron chi connectivity index (χ4n) is 1.57. The summed E-state index contributed by atoms with van der Waals surface area (Å²) in [5.41, 5.74) is 1.17. The SMILES string of the molecule is COC(=O)c1c(C)oc2cccc(Br)c12. The molecule has 2 rings (SSSR count). The van der Waals surface area contributed by atoms with Crippen LogP contribution < -0.4 is 0 Å². The molecule has 0 amide bonds. The molecule has 4 heteroatoms. The first kappa shape index (κ1) is 10.2. The van der Waals surface area contributed by atoms with E-state index < -0.39 is 0 Å². The summed E-state index contributed by atoms with van der Waals surface area (Å²) >= 11 is 3.39. The normalized spacial score (nSPS) is 10.6. The lowest BCUT2D eigenvalue weighted by molar-refractivity contribution is 0.0600. The average molecular weight is 269 g/mol. The summed E-state index contributed by atoms with van der Waals surface area (Å²) in [5, 5.41) is 0.766. The summed E-state index contributed by atoms with van der Waals surface area (Å²) in [6.07, 6.45) is 0. The highest BCUT2D eigenvalue weighted by Gasteiger charge is 2.20.